The zero-order valence-electron chi connectivity index (χ0n) is 30.3. The van der Waals surface area contributed by atoms with Crippen LogP contribution < -0.4 is 30.2 Å². The Hall–Kier alpha value is -5.59. The molecule has 1 aliphatic heterocycles. The van der Waals surface area contributed by atoms with Crippen LogP contribution in [-0.2, 0) is 32.0 Å². The Labute approximate surface area is 305 Å². The van der Waals surface area contributed by atoms with Crippen molar-refractivity contribution < 1.29 is 38.2 Å². The fourth-order valence-electron chi connectivity index (χ4n) is 5.78. The number of rotatable bonds is 11. The van der Waals surface area contributed by atoms with Crippen molar-refractivity contribution in [2.24, 2.45) is 0 Å². The van der Waals surface area contributed by atoms with Crippen molar-refractivity contribution in [3.05, 3.63) is 89.5 Å². The fourth-order valence-corrected chi connectivity index (χ4v) is 5.78. The average Bonchev–Trinajstić information content (AvgIpc) is 3.14. The lowest BCUT2D eigenvalue weighted by molar-refractivity contribution is -0.142. The zero-order chi connectivity index (χ0) is 37.5. The predicted molar refractivity (Wildman–Crippen MR) is 195 cm³/mol. The van der Waals surface area contributed by atoms with Crippen LogP contribution in [0.1, 0.15) is 48.2 Å². The largest absolute Gasteiger partial charge is 0.493 e. The number of nitrogens with zero attached hydrogens (tertiary/aromatic N) is 2. The van der Waals surface area contributed by atoms with Crippen LogP contribution in [0, 0.1) is 0 Å². The number of ether oxygens (including phenoxy) is 3. The number of para-hydroxylation sites is 1. The van der Waals surface area contributed by atoms with Crippen LogP contribution in [0.3, 0.4) is 0 Å². The van der Waals surface area contributed by atoms with E-state index in [1.165, 1.54) is 16.8 Å². The van der Waals surface area contributed by atoms with E-state index in [2.05, 4.69) is 16.0 Å². The molecule has 0 spiro atoms. The Morgan fingerprint density at radius 3 is 2.38 bits per heavy atom. The Balaban J connectivity index is 1.54. The van der Waals surface area contributed by atoms with Crippen LogP contribution in [0.15, 0.2) is 72.8 Å². The first-order valence-electron chi connectivity index (χ1n) is 17.6. The maximum absolute atomic E-state index is 13.7. The Kier molecular flexibility index (Phi) is 14.9. The summed E-state index contributed by atoms with van der Waals surface area (Å²) in [6, 6.07) is 20.1. The Morgan fingerprint density at radius 1 is 0.904 bits per heavy atom. The molecule has 13 nitrogen and oxygen atoms in total. The summed E-state index contributed by atoms with van der Waals surface area (Å²) < 4.78 is 17.2. The molecule has 0 radical (unpaired) electrons. The number of benzene rings is 3. The van der Waals surface area contributed by atoms with E-state index < -0.39 is 41.6 Å². The molecule has 0 aromatic heterocycles. The number of carbonyl (C=O) groups is 5. The van der Waals surface area contributed by atoms with Crippen LogP contribution >= 0.6 is 0 Å². The van der Waals surface area contributed by atoms with Gasteiger partial charge in [0.05, 0.1) is 44.8 Å². The minimum Gasteiger partial charge on any atom is -0.493 e. The number of carbonyl (C=O) groups excluding carboxylic acids is 5. The van der Waals surface area contributed by atoms with E-state index >= 15 is 0 Å². The van der Waals surface area contributed by atoms with Gasteiger partial charge in [0.15, 0.2) is 11.5 Å². The van der Waals surface area contributed by atoms with Crippen molar-refractivity contribution in [3.63, 3.8) is 0 Å². The second-order valence-corrected chi connectivity index (χ2v) is 12.5. The molecule has 2 atom stereocenters. The highest BCUT2D eigenvalue weighted by atomic mass is 16.5. The Morgan fingerprint density at radius 2 is 1.65 bits per heavy atom. The third kappa shape index (κ3) is 11.5. The zero-order valence-corrected chi connectivity index (χ0v) is 30.3. The van der Waals surface area contributed by atoms with Crippen molar-refractivity contribution in [1.82, 2.24) is 25.8 Å². The van der Waals surface area contributed by atoms with Gasteiger partial charge >= 0.3 is 0 Å². The first kappa shape index (κ1) is 39.2. The monoisotopic (exact) mass is 715 g/mol. The molecule has 278 valence electrons. The van der Waals surface area contributed by atoms with Crippen molar-refractivity contribution in [2.75, 3.05) is 53.6 Å². The fraction of sp³-hybridized carbons (Fsp3) is 0.410. The van der Waals surface area contributed by atoms with Gasteiger partial charge in [-0.05, 0) is 68.5 Å². The lowest BCUT2D eigenvalue weighted by atomic mass is 10.1. The normalized spacial score (nSPS) is 17.6. The van der Waals surface area contributed by atoms with Crippen molar-refractivity contribution in [1.29, 1.82) is 0 Å². The van der Waals surface area contributed by atoms with Crippen molar-refractivity contribution in [2.45, 2.75) is 51.6 Å². The second kappa shape index (κ2) is 19.7. The molecule has 0 bridgehead atoms. The van der Waals surface area contributed by atoms with E-state index in [1.54, 1.807) is 38.3 Å². The van der Waals surface area contributed by atoms with Gasteiger partial charge in [-0.15, -0.1) is 0 Å². The molecule has 0 saturated heterocycles. The highest BCUT2D eigenvalue weighted by molar-refractivity contribution is 6.01. The lowest BCUT2D eigenvalue weighted by Crippen LogP contribution is -2.51. The third-order valence-corrected chi connectivity index (χ3v) is 8.60. The number of amides is 5. The number of fused-ring (bicyclic) bond motifs is 1. The maximum atomic E-state index is 13.7. The first-order chi connectivity index (χ1) is 25.1. The summed E-state index contributed by atoms with van der Waals surface area (Å²) in [5.74, 6) is -0.997. The molecule has 4 rings (SSSR count). The van der Waals surface area contributed by atoms with E-state index in [-0.39, 0.29) is 50.5 Å². The molecule has 0 saturated carbocycles. The minimum atomic E-state index is -1.25. The van der Waals surface area contributed by atoms with E-state index in [4.69, 9.17) is 14.2 Å². The summed E-state index contributed by atoms with van der Waals surface area (Å²) in [5, 5.41) is 8.55. The molecule has 1 heterocycles. The van der Waals surface area contributed by atoms with E-state index in [0.717, 1.165) is 11.1 Å². The molecule has 0 fully saturated rings. The number of nitrogens with one attached hydrogen (secondary N) is 3. The smallest absolute Gasteiger partial charge is 0.255 e. The maximum Gasteiger partial charge on any atom is 0.255 e. The Bertz CT molecular complexity index is 1680. The van der Waals surface area contributed by atoms with Gasteiger partial charge in [-0.25, -0.2) is 0 Å². The number of methoxy groups -OCH3 is 1. The van der Waals surface area contributed by atoms with Gasteiger partial charge in [0, 0.05) is 20.1 Å². The standard InChI is InChI=1S/C39H49N5O8/c1-5-44-25-37(47)43(3)24-35(45)41-29(21-27-13-8-7-9-14-27)26-52-32-17-11-10-16-30(32)38(48)42-31(23-36(44)46)39(49)40-20-12-15-28-18-19-33(51-6-2)34(22-28)50-4/h7-11,13-14,16-19,22,29,31H,5-6,12,15,20-21,23-26H2,1-4H3,(H,40,49)(H,41,45)(H,42,48)/t29-,31+/m1/s1. The van der Waals surface area contributed by atoms with Gasteiger partial charge in [-0.1, -0.05) is 48.5 Å². The molecule has 3 N–H and O–H groups in total. The average molecular weight is 716 g/mol. The van der Waals surface area contributed by atoms with Crippen LogP contribution in [0.2, 0.25) is 0 Å². The molecular weight excluding hydrogens is 666 g/mol. The molecular formula is C39H49N5O8. The molecule has 52 heavy (non-hydrogen) atoms. The van der Waals surface area contributed by atoms with Crippen LogP contribution in [0.5, 0.6) is 17.2 Å². The highest BCUT2D eigenvalue weighted by Gasteiger charge is 2.29. The van der Waals surface area contributed by atoms with Gasteiger partial charge in [0.25, 0.3) is 5.91 Å². The molecule has 5 amide bonds. The summed E-state index contributed by atoms with van der Waals surface area (Å²) in [4.78, 5) is 69.7. The topological polar surface area (TPSA) is 156 Å². The molecule has 0 unspecified atom stereocenters. The van der Waals surface area contributed by atoms with Gasteiger partial charge in [0.2, 0.25) is 23.6 Å². The summed E-state index contributed by atoms with van der Waals surface area (Å²) in [6.45, 7) is 4.06. The quantitative estimate of drug-likeness (QED) is 0.256. The second-order valence-electron chi connectivity index (χ2n) is 12.5. The van der Waals surface area contributed by atoms with E-state index in [1.807, 2.05) is 55.5 Å². The molecule has 13 heteroatoms. The number of aryl methyl sites for hydroxylation is 1. The summed E-state index contributed by atoms with van der Waals surface area (Å²) in [7, 11) is 3.07. The van der Waals surface area contributed by atoms with E-state index in [9.17, 15) is 24.0 Å². The molecule has 3 aromatic carbocycles. The minimum absolute atomic E-state index is 0.0226. The first-order valence-corrected chi connectivity index (χ1v) is 17.6. The third-order valence-electron chi connectivity index (χ3n) is 8.60. The van der Waals surface area contributed by atoms with Gasteiger partial charge in [-0.2, -0.15) is 0 Å². The lowest BCUT2D eigenvalue weighted by Gasteiger charge is -2.26. The summed E-state index contributed by atoms with van der Waals surface area (Å²) >= 11 is 0. The number of hydrogen-bond donors (Lipinski definition) is 3. The number of likely N-dealkylation sites (N-methyl/N-ethyl adjacent to an activating group) is 2. The van der Waals surface area contributed by atoms with Gasteiger partial charge in [0.1, 0.15) is 18.4 Å². The highest BCUT2D eigenvalue weighted by Crippen LogP contribution is 2.28. The van der Waals surface area contributed by atoms with Gasteiger partial charge < -0.3 is 40.0 Å². The van der Waals surface area contributed by atoms with Crippen LogP contribution in [-0.4, -0.2) is 105 Å². The molecule has 1 aliphatic rings. The van der Waals surface area contributed by atoms with E-state index in [0.29, 0.717) is 37.4 Å². The van der Waals surface area contributed by atoms with Crippen LogP contribution in [0.25, 0.3) is 0 Å². The SMILES string of the molecule is CCOc1ccc(CCCNC(=O)[C@@H]2CC(=O)N(CC)CC(=O)N(C)CC(=O)N[C@H](Cc3ccccc3)COc3ccccc3C(=O)N2)cc1OC. The molecule has 0 aliphatic carbocycles. The predicted octanol–water partition coefficient (Wildman–Crippen LogP) is 2.76. The summed E-state index contributed by atoms with van der Waals surface area (Å²) in [5.41, 5.74) is 2.11. The molecule has 3 aromatic rings. The van der Waals surface area contributed by atoms with Gasteiger partial charge in [-0.3, -0.25) is 24.0 Å². The van der Waals surface area contributed by atoms with Crippen LogP contribution in [0.4, 0.5) is 0 Å². The summed E-state index contributed by atoms with van der Waals surface area (Å²) in [6.07, 6.45) is 1.25. The van der Waals surface area contributed by atoms with Crippen molar-refractivity contribution >= 4 is 29.5 Å². The number of hydrogen-bond acceptors (Lipinski definition) is 8. The van der Waals surface area contributed by atoms with Crippen molar-refractivity contribution in [3.8, 4) is 17.2 Å².